The van der Waals surface area contributed by atoms with E-state index in [1.54, 1.807) is 12.3 Å². The van der Waals surface area contributed by atoms with Crippen molar-refractivity contribution in [1.82, 2.24) is 10.3 Å². The van der Waals surface area contributed by atoms with Crippen LogP contribution in [0.1, 0.15) is 19.8 Å². The van der Waals surface area contributed by atoms with E-state index in [1.807, 2.05) is 13.0 Å². The van der Waals surface area contributed by atoms with Crippen LogP contribution in [0, 0.1) is 5.92 Å². The average molecular weight is 300 g/mol. The molecule has 1 aliphatic rings. The second kappa shape index (κ2) is 6.11. The first kappa shape index (κ1) is 14.6. The van der Waals surface area contributed by atoms with Gasteiger partial charge in [0.25, 0.3) is 0 Å². The lowest BCUT2D eigenvalue weighted by Gasteiger charge is -2.31. The molecule has 1 amide bonds. The molecule has 2 rings (SSSR count). The van der Waals surface area contributed by atoms with Gasteiger partial charge in [0, 0.05) is 11.9 Å². The second-order valence-corrected chi connectivity index (χ2v) is 6.18. The van der Waals surface area contributed by atoms with E-state index in [-0.39, 0.29) is 5.91 Å². The Balaban J connectivity index is 2.07. The van der Waals surface area contributed by atoms with Crippen molar-refractivity contribution < 1.29 is 4.79 Å². The van der Waals surface area contributed by atoms with E-state index in [4.69, 9.17) is 17.3 Å². The van der Waals surface area contributed by atoms with E-state index in [9.17, 15) is 4.79 Å². The zero-order chi connectivity index (χ0) is 13.9. The number of halogens is 1. The zero-order valence-corrected chi connectivity index (χ0v) is 12.4. The molecule has 0 aromatic carbocycles. The van der Waals surface area contributed by atoms with E-state index in [2.05, 4.69) is 10.3 Å². The topological polar surface area (TPSA) is 68.0 Å². The second-order valence-electron chi connectivity index (χ2n) is 4.74. The number of thioether (sulfide) groups is 1. The molecule has 3 N–H and O–H groups in total. The predicted octanol–water partition coefficient (Wildman–Crippen LogP) is 2.07. The molecule has 1 aromatic heterocycles. The summed E-state index contributed by atoms with van der Waals surface area (Å²) in [5, 5.41) is 4.76. The Labute approximate surface area is 122 Å². The molecule has 1 unspecified atom stereocenters. The zero-order valence-electron chi connectivity index (χ0n) is 10.9. The number of carbonyl (C=O) groups is 1. The quantitative estimate of drug-likeness (QED) is 0.756. The SMILES string of the molecule is CCNC(CSc1ccc(Cl)cn1)(C(N)=O)C1CC1. The van der Waals surface area contributed by atoms with Crippen LogP contribution < -0.4 is 11.1 Å². The number of pyridine rings is 1. The fourth-order valence-corrected chi connectivity index (χ4v) is 3.46. The fraction of sp³-hybridized carbons (Fsp3) is 0.538. The maximum absolute atomic E-state index is 11.9. The van der Waals surface area contributed by atoms with E-state index in [0.717, 1.165) is 24.4 Å². The Bertz CT molecular complexity index is 450. The molecule has 1 heterocycles. The van der Waals surface area contributed by atoms with Gasteiger partial charge in [0.2, 0.25) is 5.91 Å². The Hall–Kier alpha value is -0.780. The van der Waals surface area contributed by atoms with Crippen LogP contribution in [0.3, 0.4) is 0 Å². The molecule has 1 atom stereocenters. The third-order valence-corrected chi connectivity index (χ3v) is 4.71. The number of nitrogens with zero attached hydrogens (tertiary/aromatic N) is 1. The van der Waals surface area contributed by atoms with Gasteiger partial charge in [0.1, 0.15) is 5.54 Å². The Kier molecular flexibility index (Phi) is 4.71. The van der Waals surface area contributed by atoms with Crippen LogP contribution in [0.2, 0.25) is 5.02 Å². The minimum atomic E-state index is -0.610. The highest BCUT2D eigenvalue weighted by molar-refractivity contribution is 7.99. The van der Waals surface area contributed by atoms with Crippen LogP contribution >= 0.6 is 23.4 Å². The number of likely N-dealkylation sites (N-methyl/N-ethyl adjacent to an activating group) is 1. The number of hydrogen-bond acceptors (Lipinski definition) is 4. The number of aromatic nitrogens is 1. The van der Waals surface area contributed by atoms with E-state index in [0.29, 0.717) is 16.7 Å². The summed E-state index contributed by atoms with van der Waals surface area (Å²) in [6.45, 7) is 2.72. The van der Waals surface area contributed by atoms with Crippen LogP contribution in [-0.2, 0) is 4.79 Å². The summed E-state index contributed by atoms with van der Waals surface area (Å²) < 4.78 is 0. The van der Waals surface area contributed by atoms with Gasteiger partial charge in [0.05, 0.1) is 10.0 Å². The van der Waals surface area contributed by atoms with Crippen molar-refractivity contribution in [3.63, 3.8) is 0 Å². The first-order chi connectivity index (χ1) is 9.08. The summed E-state index contributed by atoms with van der Waals surface area (Å²) in [5.74, 6) is 0.693. The van der Waals surface area contributed by atoms with Gasteiger partial charge in [-0.2, -0.15) is 0 Å². The molecule has 1 saturated carbocycles. The Morgan fingerprint density at radius 3 is 2.84 bits per heavy atom. The molecule has 0 spiro atoms. The first-order valence-electron chi connectivity index (χ1n) is 6.38. The lowest BCUT2D eigenvalue weighted by molar-refractivity contribution is -0.124. The van der Waals surface area contributed by atoms with Crippen molar-refractivity contribution in [3.05, 3.63) is 23.4 Å². The number of nitrogens with two attached hydrogens (primary N) is 1. The Morgan fingerprint density at radius 1 is 1.63 bits per heavy atom. The van der Waals surface area contributed by atoms with Gasteiger partial charge in [-0.25, -0.2) is 4.98 Å². The van der Waals surface area contributed by atoms with Crippen LogP contribution in [0.5, 0.6) is 0 Å². The van der Waals surface area contributed by atoms with Crippen molar-refractivity contribution >= 4 is 29.3 Å². The Morgan fingerprint density at radius 2 is 2.37 bits per heavy atom. The summed E-state index contributed by atoms with van der Waals surface area (Å²) in [4.78, 5) is 16.1. The molecule has 1 aromatic rings. The van der Waals surface area contributed by atoms with Gasteiger partial charge in [-0.1, -0.05) is 18.5 Å². The third kappa shape index (κ3) is 3.41. The number of rotatable bonds is 7. The van der Waals surface area contributed by atoms with Crippen molar-refractivity contribution in [3.8, 4) is 0 Å². The predicted molar refractivity (Wildman–Crippen MR) is 78.3 cm³/mol. The van der Waals surface area contributed by atoms with E-state index >= 15 is 0 Å². The number of amides is 1. The molecular formula is C13H18ClN3OS. The molecule has 4 nitrogen and oxygen atoms in total. The lowest BCUT2D eigenvalue weighted by Crippen LogP contribution is -2.59. The lowest BCUT2D eigenvalue weighted by atomic mass is 9.94. The van der Waals surface area contributed by atoms with Crippen LogP contribution in [0.25, 0.3) is 0 Å². The van der Waals surface area contributed by atoms with Crippen LogP contribution in [-0.4, -0.2) is 28.7 Å². The van der Waals surface area contributed by atoms with E-state index in [1.165, 1.54) is 11.8 Å². The van der Waals surface area contributed by atoms with Gasteiger partial charge in [-0.3, -0.25) is 4.79 Å². The molecule has 104 valence electrons. The number of nitrogens with one attached hydrogen (secondary N) is 1. The summed E-state index contributed by atoms with van der Waals surface area (Å²) in [5.41, 5.74) is 5.02. The normalized spacial score (nSPS) is 18.0. The van der Waals surface area contributed by atoms with Crippen molar-refractivity contribution in [2.24, 2.45) is 11.7 Å². The van der Waals surface area contributed by atoms with Crippen LogP contribution in [0.15, 0.2) is 23.4 Å². The summed E-state index contributed by atoms with van der Waals surface area (Å²) in [6.07, 6.45) is 3.73. The third-order valence-electron chi connectivity index (χ3n) is 3.35. The van der Waals surface area contributed by atoms with Crippen molar-refractivity contribution in [2.45, 2.75) is 30.3 Å². The summed E-state index contributed by atoms with van der Waals surface area (Å²) in [6, 6.07) is 3.66. The molecule has 6 heteroatoms. The monoisotopic (exact) mass is 299 g/mol. The highest BCUT2D eigenvalue weighted by Crippen LogP contribution is 2.42. The molecule has 0 radical (unpaired) electrons. The average Bonchev–Trinajstić information content (AvgIpc) is 3.20. The molecule has 0 bridgehead atoms. The summed E-state index contributed by atoms with van der Waals surface area (Å²) >= 11 is 7.34. The van der Waals surface area contributed by atoms with Crippen molar-refractivity contribution in [1.29, 1.82) is 0 Å². The molecule has 0 aliphatic heterocycles. The maximum atomic E-state index is 11.9. The standard InChI is InChI=1S/C13H18ClN3OS/c1-2-17-13(12(15)18,9-3-4-9)8-19-11-6-5-10(14)7-16-11/h5-7,9,17H,2-4,8H2,1H3,(H2,15,18). The molecular weight excluding hydrogens is 282 g/mol. The van der Waals surface area contributed by atoms with Crippen LogP contribution in [0.4, 0.5) is 0 Å². The van der Waals surface area contributed by atoms with Gasteiger partial charge in [0.15, 0.2) is 0 Å². The molecule has 19 heavy (non-hydrogen) atoms. The number of hydrogen-bond donors (Lipinski definition) is 2. The van der Waals surface area contributed by atoms with Crippen molar-refractivity contribution in [2.75, 3.05) is 12.3 Å². The highest BCUT2D eigenvalue weighted by atomic mass is 35.5. The molecule has 1 aliphatic carbocycles. The maximum Gasteiger partial charge on any atom is 0.238 e. The minimum absolute atomic E-state index is 0.265. The minimum Gasteiger partial charge on any atom is -0.368 e. The molecule has 1 fully saturated rings. The first-order valence-corrected chi connectivity index (χ1v) is 7.74. The van der Waals surface area contributed by atoms with Gasteiger partial charge >= 0.3 is 0 Å². The van der Waals surface area contributed by atoms with Gasteiger partial charge in [-0.05, 0) is 37.4 Å². The largest absolute Gasteiger partial charge is 0.368 e. The van der Waals surface area contributed by atoms with E-state index < -0.39 is 5.54 Å². The smallest absolute Gasteiger partial charge is 0.238 e. The summed E-state index contributed by atoms with van der Waals surface area (Å²) in [7, 11) is 0. The van der Waals surface area contributed by atoms with Gasteiger partial charge in [-0.15, -0.1) is 11.8 Å². The number of primary amides is 1. The molecule has 0 saturated heterocycles. The highest BCUT2D eigenvalue weighted by Gasteiger charge is 2.49. The number of carbonyl (C=O) groups excluding carboxylic acids is 1. The van der Waals surface area contributed by atoms with Gasteiger partial charge < -0.3 is 11.1 Å². The fourth-order valence-electron chi connectivity index (χ4n) is 2.20.